The molecule has 1 aromatic rings. The van der Waals surface area contributed by atoms with Crippen LogP contribution in [0.3, 0.4) is 0 Å². The third kappa shape index (κ3) is 2.48. The molecule has 0 aromatic heterocycles. The van der Waals surface area contributed by atoms with Crippen molar-refractivity contribution in [1.82, 2.24) is 4.90 Å². The van der Waals surface area contributed by atoms with Gasteiger partial charge >= 0.3 is 0 Å². The number of Topliss-reactive ketones (excluding diaryl/α,β-unsaturated/α-hetero) is 1. The molecule has 0 amide bonds. The molecule has 0 saturated heterocycles. The minimum absolute atomic E-state index is 0.291. The number of benzene rings is 1. The maximum atomic E-state index is 11.7. The number of nitrogens with zero attached hydrogens (tertiary/aromatic N) is 1. The highest BCUT2D eigenvalue weighted by Gasteiger charge is 2.34. The average molecular weight is 296 g/mol. The van der Waals surface area contributed by atoms with Crippen LogP contribution in [0.25, 0.3) is 0 Å². The van der Waals surface area contributed by atoms with E-state index in [1.807, 2.05) is 36.1 Å². The van der Waals surface area contributed by atoms with E-state index in [1.165, 1.54) is 0 Å². The molecule has 0 N–H and O–H groups in total. The molecule has 1 aromatic carbocycles. The monoisotopic (exact) mass is 295 g/mol. The first-order chi connectivity index (χ1) is 8.13. The maximum Gasteiger partial charge on any atom is 0.216 e. The van der Waals surface area contributed by atoms with Crippen LogP contribution in [0.2, 0.25) is 0 Å². The first kappa shape index (κ1) is 12.5. The molecule has 0 spiro atoms. The zero-order valence-corrected chi connectivity index (χ0v) is 11.2. The van der Waals surface area contributed by atoms with Gasteiger partial charge in [0.2, 0.25) is 5.78 Å². The number of alkyl halides is 1. The van der Waals surface area contributed by atoms with Crippen molar-refractivity contribution >= 4 is 28.0 Å². The molecule has 1 aliphatic rings. The SMILES string of the molecule is CC(Br)CN1Cc2ccccc2C1C(=O)C=O. The summed E-state index contributed by atoms with van der Waals surface area (Å²) in [5.74, 6) is -0.358. The van der Waals surface area contributed by atoms with Gasteiger partial charge in [0.1, 0.15) is 6.04 Å². The first-order valence-electron chi connectivity index (χ1n) is 5.58. The highest BCUT2D eigenvalue weighted by molar-refractivity contribution is 9.09. The normalized spacial score (nSPS) is 20.9. The van der Waals surface area contributed by atoms with E-state index in [2.05, 4.69) is 15.9 Å². The standard InChI is InChI=1S/C13H14BrNO2/c1-9(14)6-15-7-10-4-2-3-5-11(10)13(15)12(17)8-16/h2-5,8-9,13H,6-7H2,1H3. The van der Waals surface area contributed by atoms with Gasteiger partial charge in [-0.25, -0.2) is 0 Å². The summed E-state index contributed by atoms with van der Waals surface area (Å²) in [7, 11) is 0. The summed E-state index contributed by atoms with van der Waals surface area (Å²) in [4.78, 5) is 24.8. The number of ketones is 1. The molecule has 4 heteroatoms. The molecule has 1 aliphatic heterocycles. The molecule has 1 heterocycles. The second kappa shape index (κ2) is 5.10. The second-order valence-electron chi connectivity index (χ2n) is 4.33. The number of carbonyl (C=O) groups excluding carboxylic acids is 2. The summed E-state index contributed by atoms with van der Waals surface area (Å²) >= 11 is 3.49. The van der Waals surface area contributed by atoms with Gasteiger partial charge in [0.15, 0.2) is 6.29 Å². The Hall–Kier alpha value is -1.00. The number of carbonyl (C=O) groups is 2. The van der Waals surface area contributed by atoms with E-state index in [1.54, 1.807) is 0 Å². The van der Waals surface area contributed by atoms with Crippen LogP contribution in [0.1, 0.15) is 24.1 Å². The summed E-state index contributed by atoms with van der Waals surface area (Å²) in [6, 6.07) is 7.41. The Labute approximate surface area is 109 Å². The lowest BCUT2D eigenvalue weighted by Crippen LogP contribution is -2.32. The number of halogens is 1. The van der Waals surface area contributed by atoms with Crippen molar-refractivity contribution in [2.24, 2.45) is 0 Å². The Bertz CT molecular complexity index is 445. The summed E-state index contributed by atoms with van der Waals surface area (Å²) in [5.41, 5.74) is 2.11. The molecule has 90 valence electrons. The fourth-order valence-electron chi connectivity index (χ4n) is 2.34. The van der Waals surface area contributed by atoms with Crippen LogP contribution in [-0.4, -0.2) is 28.3 Å². The molecule has 17 heavy (non-hydrogen) atoms. The van der Waals surface area contributed by atoms with Gasteiger partial charge in [0, 0.05) is 17.9 Å². The molecule has 2 rings (SSSR count). The zero-order valence-electron chi connectivity index (χ0n) is 9.60. The van der Waals surface area contributed by atoms with E-state index in [0.717, 1.165) is 24.2 Å². The Kier molecular flexibility index (Phi) is 3.74. The smallest absolute Gasteiger partial charge is 0.216 e. The lowest BCUT2D eigenvalue weighted by Gasteiger charge is -2.23. The predicted octanol–water partition coefficient (Wildman–Crippen LogP) is 2.09. The van der Waals surface area contributed by atoms with E-state index in [4.69, 9.17) is 0 Å². The lowest BCUT2D eigenvalue weighted by atomic mass is 10.0. The van der Waals surface area contributed by atoms with Gasteiger partial charge in [-0.05, 0) is 11.1 Å². The summed E-state index contributed by atoms with van der Waals surface area (Å²) < 4.78 is 0. The van der Waals surface area contributed by atoms with Crippen LogP contribution in [0.5, 0.6) is 0 Å². The Morgan fingerprint density at radius 3 is 2.94 bits per heavy atom. The minimum Gasteiger partial charge on any atom is -0.295 e. The van der Waals surface area contributed by atoms with Gasteiger partial charge in [0.25, 0.3) is 0 Å². The van der Waals surface area contributed by atoms with Gasteiger partial charge in [-0.2, -0.15) is 0 Å². The largest absolute Gasteiger partial charge is 0.295 e. The van der Waals surface area contributed by atoms with Crippen molar-refractivity contribution in [3.63, 3.8) is 0 Å². The molecule has 2 unspecified atom stereocenters. The molecular weight excluding hydrogens is 282 g/mol. The highest BCUT2D eigenvalue weighted by atomic mass is 79.9. The average Bonchev–Trinajstić information content (AvgIpc) is 2.65. The van der Waals surface area contributed by atoms with E-state index < -0.39 is 6.04 Å². The second-order valence-corrected chi connectivity index (χ2v) is 5.89. The van der Waals surface area contributed by atoms with Crippen LogP contribution >= 0.6 is 15.9 Å². The summed E-state index contributed by atoms with van der Waals surface area (Å²) in [6.07, 6.45) is 0.429. The van der Waals surface area contributed by atoms with Crippen molar-refractivity contribution in [3.05, 3.63) is 35.4 Å². The highest BCUT2D eigenvalue weighted by Crippen LogP contribution is 2.34. The van der Waals surface area contributed by atoms with Gasteiger partial charge in [0.05, 0.1) is 0 Å². The van der Waals surface area contributed by atoms with Crippen molar-refractivity contribution in [1.29, 1.82) is 0 Å². The van der Waals surface area contributed by atoms with Crippen molar-refractivity contribution in [3.8, 4) is 0 Å². The van der Waals surface area contributed by atoms with Gasteiger partial charge in [-0.3, -0.25) is 14.5 Å². The van der Waals surface area contributed by atoms with Crippen LogP contribution in [0.4, 0.5) is 0 Å². The molecular formula is C13H14BrNO2. The molecule has 0 radical (unpaired) electrons. The quantitative estimate of drug-likeness (QED) is 0.485. The van der Waals surface area contributed by atoms with E-state index in [9.17, 15) is 9.59 Å². The minimum atomic E-state index is -0.399. The molecule has 0 aliphatic carbocycles. The zero-order chi connectivity index (χ0) is 12.4. The van der Waals surface area contributed by atoms with Gasteiger partial charge in [-0.15, -0.1) is 0 Å². The van der Waals surface area contributed by atoms with Crippen molar-refractivity contribution < 1.29 is 9.59 Å². The Morgan fingerprint density at radius 1 is 1.59 bits per heavy atom. The van der Waals surface area contributed by atoms with Crippen molar-refractivity contribution in [2.45, 2.75) is 24.3 Å². The molecule has 0 fully saturated rings. The molecule has 3 nitrogen and oxygen atoms in total. The van der Waals surface area contributed by atoms with Crippen molar-refractivity contribution in [2.75, 3.05) is 6.54 Å². The molecule has 0 bridgehead atoms. The molecule has 2 atom stereocenters. The number of hydrogen-bond donors (Lipinski definition) is 0. The number of hydrogen-bond acceptors (Lipinski definition) is 3. The Balaban J connectivity index is 2.33. The fourth-order valence-corrected chi connectivity index (χ4v) is 2.71. The number of fused-ring (bicyclic) bond motifs is 1. The van der Waals surface area contributed by atoms with E-state index >= 15 is 0 Å². The molecule has 0 saturated carbocycles. The third-order valence-electron chi connectivity index (χ3n) is 2.96. The van der Waals surface area contributed by atoms with Crippen LogP contribution in [-0.2, 0) is 16.1 Å². The van der Waals surface area contributed by atoms with Gasteiger partial charge in [-0.1, -0.05) is 47.1 Å². The van der Waals surface area contributed by atoms with Gasteiger partial charge < -0.3 is 0 Å². The lowest BCUT2D eigenvalue weighted by molar-refractivity contribution is -0.133. The predicted molar refractivity (Wildman–Crippen MR) is 69.1 cm³/mol. The number of rotatable bonds is 4. The van der Waals surface area contributed by atoms with Crippen LogP contribution in [0.15, 0.2) is 24.3 Å². The maximum absolute atomic E-state index is 11.7. The van der Waals surface area contributed by atoms with Crippen LogP contribution < -0.4 is 0 Å². The fraction of sp³-hybridized carbons (Fsp3) is 0.385. The summed E-state index contributed by atoms with van der Waals surface area (Å²) in [5, 5.41) is 0. The topological polar surface area (TPSA) is 37.4 Å². The van der Waals surface area contributed by atoms with Crippen LogP contribution in [0, 0.1) is 0 Å². The third-order valence-corrected chi connectivity index (χ3v) is 3.25. The van der Waals surface area contributed by atoms with E-state index in [0.29, 0.717) is 11.1 Å². The summed E-state index contributed by atoms with van der Waals surface area (Å²) in [6.45, 7) is 3.51. The number of aldehydes is 1. The Morgan fingerprint density at radius 2 is 2.29 bits per heavy atom. The first-order valence-corrected chi connectivity index (χ1v) is 6.50. The van der Waals surface area contributed by atoms with E-state index in [-0.39, 0.29) is 5.78 Å².